The maximum atomic E-state index is 11.2. The Morgan fingerprint density at radius 3 is 2.46 bits per heavy atom. The third kappa shape index (κ3) is 1.75. The van der Waals surface area contributed by atoms with Crippen molar-refractivity contribution in [3.63, 3.8) is 0 Å². The van der Waals surface area contributed by atoms with E-state index in [-0.39, 0.29) is 0 Å². The Hall–Kier alpha value is -1.23. The molecule has 5 heteroatoms. The van der Waals surface area contributed by atoms with Crippen LogP contribution >= 0.6 is 11.3 Å². The Balaban J connectivity index is 3.07. The Labute approximate surface area is 80.0 Å². The molecule has 0 radical (unpaired) electrons. The van der Waals surface area contributed by atoms with Crippen LogP contribution in [0.2, 0.25) is 0 Å². The lowest BCUT2D eigenvalue weighted by atomic mass is 10.4. The summed E-state index contributed by atoms with van der Waals surface area (Å²) in [6.45, 7) is 0. The quantitative estimate of drug-likeness (QED) is 0.697. The van der Waals surface area contributed by atoms with Crippen LogP contribution in [0.4, 0.5) is 0 Å². The van der Waals surface area contributed by atoms with Crippen molar-refractivity contribution in [3.8, 4) is 11.5 Å². The molecule has 72 valence electrons. The summed E-state index contributed by atoms with van der Waals surface area (Å²) in [5, 5.41) is 1.70. The van der Waals surface area contributed by atoms with Crippen LogP contribution < -0.4 is 9.47 Å². The zero-order chi connectivity index (χ0) is 9.84. The lowest BCUT2D eigenvalue weighted by molar-refractivity contribution is 0.0602. The van der Waals surface area contributed by atoms with Gasteiger partial charge in [-0.15, -0.1) is 11.3 Å². The van der Waals surface area contributed by atoms with Crippen molar-refractivity contribution in [3.05, 3.63) is 10.3 Å². The van der Waals surface area contributed by atoms with Gasteiger partial charge >= 0.3 is 5.97 Å². The van der Waals surface area contributed by atoms with Gasteiger partial charge in [0.25, 0.3) is 0 Å². The summed E-state index contributed by atoms with van der Waals surface area (Å²) in [4.78, 5) is 11.6. The fourth-order valence-corrected chi connectivity index (χ4v) is 1.80. The summed E-state index contributed by atoms with van der Waals surface area (Å²) in [7, 11) is 4.33. The van der Waals surface area contributed by atoms with Crippen LogP contribution in [0, 0.1) is 0 Å². The third-order valence-corrected chi connectivity index (χ3v) is 2.43. The van der Waals surface area contributed by atoms with Gasteiger partial charge in [0.15, 0.2) is 16.4 Å². The summed E-state index contributed by atoms with van der Waals surface area (Å²) < 4.78 is 14.6. The Morgan fingerprint density at radius 1 is 1.31 bits per heavy atom. The molecule has 0 saturated carbocycles. The van der Waals surface area contributed by atoms with Gasteiger partial charge in [0, 0.05) is 5.38 Å². The molecule has 4 nitrogen and oxygen atoms in total. The normalized spacial score (nSPS) is 9.46. The van der Waals surface area contributed by atoms with Crippen LogP contribution in [-0.4, -0.2) is 27.3 Å². The Morgan fingerprint density at radius 2 is 2.00 bits per heavy atom. The minimum atomic E-state index is -0.412. The van der Waals surface area contributed by atoms with Crippen LogP contribution in [0.3, 0.4) is 0 Å². The topological polar surface area (TPSA) is 44.8 Å². The average molecular weight is 202 g/mol. The molecule has 0 saturated heterocycles. The predicted octanol–water partition coefficient (Wildman–Crippen LogP) is 1.55. The van der Waals surface area contributed by atoms with Gasteiger partial charge in [0.2, 0.25) is 0 Å². The highest BCUT2D eigenvalue weighted by molar-refractivity contribution is 7.12. The first kappa shape index (κ1) is 9.85. The highest BCUT2D eigenvalue weighted by atomic mass is 32.1. The third-order valence-electron chi connectivity index (χ3n) is 1.51. The number of ether oxygens (including phenoxy) is 3. The highest BCUT2D eigenvalue weighted by Crippen LogP contribution is 2.37. The zero-order valence-corrected chi connectivity index (χ0v) is 8.44. The molecule has 0 amide bonds. The zero-order valence-electron chi connectivity index (χ0n) is 7.62. The molecule has 0 atom stereocenters. The number of methoxy groups -OCH3 is 3. The van der Waals surface area contributed by atoms with Gasteiger partial charge in [0.1, 0.15) is 0 Å². The molecule has 1 aromatic rings. The number of hydrogen-bond acceptors (Lipinski definition) is 5. The van der Waals surface area contributed by atoms with Gasteiger partial charge in [-0.1, -0.05) is 0 Å². The van der Waals surface area contributed by atoms with Crippen LogP contribution in [0.5, 0.6) is 11.5 Å². The van der Waals surface area contributed by atoms with E-state index in [1.807, 2.05) is 0 Å². The first-order chi connectivity index (χ1) is 6.24. The molecule has 0 unspecified atom stereocenters. The lowest BCUT2D eigenvalue weighted by Crippen LogP contribution is -2.00. The molecule has 0 aromatic carbocycles. The SMILES string of the molecule is COC(=O)c1scc(OC)c1OC. The molecule has 1 aromatic heterocycles. The molecule has 1 rings (SSSR count). The van der Waals surface area contributed by atoms with Crippen LogP contribution in [0.25, 0.3) is 0 Å². The van der Waals surface area contributed by atoms with Crippen molar-refractivity contribution in [2.45, 2.75) is 0 Å². The predicted molar refractivity (Wildman–Crippen MR) is 48.8 cm³/mol. The molecule has 13 heavy (non-hydrogen) atoms. The van der Waals surface area contributed by atoms with Crippen molar-refractivity contribution in [1.82, 2.24) is 0 Å². The fraction of sp³-hybridized carbons (Fsp3) is 0.375. The van der Waals surface area contributed by atoms with Gasteiger partial charge in [-0.25, -0.2) is 4.79 Å². The average Bonchev–Trinajstić information content (AvgIpc) is 2.58. The maximum absolute atomic E-state index is 11.2. The molecule has 0 aliphatic carbocycles. The van der Waals surface area contributed by atoms with E-state index < -0.39 is 5.97 Å². The van der Waals surface area contributed by atoms with E-state index in [4.69, 9.17) is 9.47 Å². The van der Waals surface area contributed by atoms with Crippen LogP contribution in [-0.2, 0) is 4.74 Å². The maximum Gasteiger partial charge on any atom is 0.352 e. The molecule has 0 N–H and O–H groups in total. The van der Waals surface area contributed by atoms with Gasteiger partial charge < -0.3 is 14.2 Å². The second-order valence-corrected chi connectivity index (χ2v) is 3.04. The second-order valence-electron chi connectivity index (χ2n) is 2.16. The second kappa shape index (κ2) is 4.13. The molecule has 0 fully saturated rings. The molecule has 1 heterocycles. The van der Waals surface area contributed by atoms with E-state index in [1.54, 1.807) is 5.38 Å². The van der Waals surface area contributed by atoms with Gasteiger partial charge in [-0.2, -0.15) is 0 Å². The number of hydrogen-bond donors (Lipinski definition) is 0. The van der Waals surface area contributed by atoms with E-state index >= 15 is 0 Å². The molecular formula is C8H10O4S. The van der Waals surface area contributed by atoms with Crippen molar-refractivity contribution >= 4 is 17.3 Å². The molecular weight excluding hydrogens is 192 g/mol. The van der Waals surface area contributed by atoms with E-state index in [9.17, 15) is 4.79 Å². The first-order valence-electron chi connectivity index (χ1n) is 3.52. The monoisotopic (exact) mass is 202 g/mol. The minimum absolute atomic E-state index is 0.412. The van der Waals surface area contributed by atoms with Crippen molar-refractivity contribution in [2.75, 3.05) is 21.3 Å². The number of thiophene rings is 1. The largest absolute Gasteiger partial charge is 0.492 e. The molecule has 0 aliphatic heterocycles. The Kier molecular flexibility index (Phi) is 3.13. The van der Waals surface area contributed by atoms with E-state index in [0.717, 1.165) is 0 Å². The van der Waals surface area contributed by atoms with Crippen molar-refractivity contribution in [1.29, 1.82) is 0 Å². The van der Waals surface area contributed by atoms with E-state index in [0.29, 0.717) is 16.4 Å². The van der Waals surface area contributed by atoms with Gasteiger partial charge in [0.05, 0.1) is 21.3 Å². The number of carbonyl (C=O) groups excluding carboxylic acids is 1. The number of carbonyl (C=O) groups is 1. The summed E-state index contributed by atoms with van der Waals surface area (Å²) in [6, 6.07) is 0. The van der Waals surface area contributed by atoms with Gasteiger partial charge in [-0.05, 0) is 0 Å². The highest BCUT2D eigenvalue weighted by Gasteiger charge is 2.19. The summed E-state index contributed by atoms with van der Waals surface area (Å²) in [6.07, 6.45) is 0. The van der Waals surface area contributed by atoms with Gasteiger partial charge in [-0.3, -0.25) is 0 Å². The summed E-state index contributed by atoms with van der Waals surface area (Å²) >= 11 is 1.23. The lowest BCUT2D eigenvalue weighted by Gasteiger charge is -2.02. The molecule has 0 aliphatic rings. The first-order valence-corrected chi connectivity index (χ1v) is 4.40. The summed E-state index contributed by atoms with van der Waals surface area (Å²) in [5.74, 6) is 0.567. The van der Waals surface area contributed by atoms with Crippen LogP contribution in [0.1, 0.15) is 9.67 Å². The van der Waals surface area contributed by atoms with Crippen LogP contribution in [0.15, 0.2) is 5.38 Å². The van der Waals surface area contributed by atoms with Crippen molar-refractivity contribution < 1.29 is 19.0 Å². The van der Waals surface area contributed by atoms with E-state index in [2.05, 4.69) is 4.74 Å². The van der Waals surface area contributed by atoms with Crippen molar-refractivity contribution in [2.24, 2.45) is 0 Å². The molecule has 0 spiro atoms. The smallest absolute Gasteiger partial charge is 0.352 e. The van der Waals surface area contributed by atoms with E-state index in [1.165, 1.54) is 32.7 Å². The summed E-state index contributed by atoms with van der Waals surface area (Å²) in [5.41, 5.74) is 0. The Bertz CT molecular complexity index is 305. The minimum Gasteiger partial charge on any atom is -0.492 e. The standard InChI is InChI=1S/C8H10O4S/c1-10-5-4-13-7(6(5)11-2)8(9)12-3/h4H,1-3H3. The number of esters is 1. The number of rotatable bonds is 3. The fourth-order valence-electron chi connectivity index (χ4n) is 0.899. The molecule has 0 bridgehead atoms.